The fourth-order valence-corrected chi connectivity index (χ4v) is 9.06. The highest BCUT2D eigenvalue weighted by molar-refractivity contribution is 6.14. The molecule has 2 heterocycles. The van der Waals surface area contributed by atoms with Crippen LogP contribution in [0.4, 0.5) is 5.69 Å². The number of nitrogens with zero attached hydrogens (tertiary/aromatic N) is 5. The number of hydrogen-bond donors (Lipinski definition) is 4. The lowest BCUT2D eigenvalue weighted by atomic mass is 9.89. The molecule has 1 aromatic rings. The SMILES string of the molecule is CC[C@H](C)[C@@H]([C@@H](CC(=O)N1CCC[C@H]1[C@H](OC)[C@@H](C)C(=O)N(C)CCc1cccc(NC[C@H](C)NC[C@H](C)NC(=O)CN2C(=O)C=CC2=O)c1)OC)N(C)C(=O)[C@@H](NCC(C)(C)N(C)C)C(C)C. The molecule has 0 aliphatic carbocycles. The number of imide groups is 1. The van der Waals surface area contributed by atoms with E-state index in [0.29, 0.717) is 45.6 Å². The van der Waals surface area contributed by atoms with E-state index in [2.05, 4.69) is 73.8 Å². The number of likely N-dealkylation sites (N-methyl/N-ethyl adjacent to an activating group) is 3. The standard InChI is InChI=1S/C51H87N9O8/c1-16-34(4)47(58(13)50(66)46(33(2)3)54-32-51(8,9)56(10)11)41(67-14)28-45(64)59-25-18-21-40(59)48(68-15)37(7)49(65)57(12)26-24-38-19-17-20-39(27-38)53-29-35(5)52-30-36(6)55-42(61)31-60-43(62)22-23-44(60)63/h17,19-20,22-23,27,33-37,40-41,46-48,52-54H,16,18,21,24-26,28-32H2,1-15H3,(H,55,61)/t34-,35-,36-,37+,40-,41+,46-,47-,48+/m0/s1. The van der Waals surface area contributed by atoms with Gasteiger partial charge in [-0.15, -0.1) is 0 Å². The van der Waals surface area contributed by atoms with Crippen LogP contribution in [0, 0.1) is 17.8 Å². The number of methoxy groups -OCH3 is 2. The van der Waals surface area contributed by atoms with Gasteiger partial charge >= 0.3 is 0 Å². The molecule has 0 unspecified atom stereocenters. The fourth-order valence-electron chi connectivity index (χ4n) is 9.06. The molecule has 0 bridgehead atoms. The summed E-state index contributed by atoms with van der Waals surface area (Å²) in [6.07, 6.45) is 4.32. The Balaban J connectivity index is 1.57. The maximum Gasteiger partial charge on any atom is 0.254 e. The third-order valence-corrected chi connectivity index (χ3v) is 14.2. The average molecular weight is 954 g/mol. The summed E-state index contributed by atoms with van der Waals surface area (Å²) in [5.41, 5.74) is 1.86. The maximum absolute atomic E-state index is 14.4. The molecule has 2 aliphatic heterocycles. The van der Waals surface area contributed by atoms with Crippen molar-refractivity contribution < 1.29 is 38.2 Å². The molecule has 2 aliphatic rings. The predicted octanol–water partition coefficient (Wildman–Crippen LogP) is 3.38. The highest BCUT2D eigenvalue weighted by atomic mass is 16.5. The monoisotopic (exact) mass is 954 g/mol. The van der Waals surface area contributed by atoms with Crippen molar-refractivity contribution in [1.82, 2.24) is 40.4 Å². The second-order valence-electron chi connectivity index (χ2n) is 20.4. The highest BCUT2D eigenvalue weighted by Gasteiger charge is 2.43. The molecule has 0 spiro atoms. The van der Waals surface area contributed by atoms with Crippen molar-refractivity contribution >= 4 is 41.1 Å². The van der Waals surface area contributed by atoms with Crippen LogP contribution in [0.1, 0.15) is 93.6 Å². The van der Waals surface area contributed by atoms with E-state index in [0.717, 1.165) is 41.1 Å². The Labute approximate surface area is 407 Å². The Hall–Kier alpha value is -4.42. The van der Waals surface area contributed by atoms with Crippen molar-refractivity contribution in [2.45, 2.75) is 142 Å². The van der Waals surface area contributed by atoms with Gasteiger partial charge in [-0.25, -0.2) is 0 Å². The molecule has 0 aromatic heterocycles. The van der Waals surface area contributed by atoms with E-state index >= 15 is 0 Å². The minimum Gasteiger partial charge on any atom is -0.383 e. The van der Waals surface area contributed by atoms with E-state index in [1.165, 1.54) is 0 Å². The van der Waals surface area contributed by atoms with Crippen LogP contribution in [0.25, 0.3) is 0 Å². The molecule has 17 heteroatoms. The smallest absolute Gasteiger partial charge is 0.254 e. The van der Waals surface area contributed by atoms with Gasteiger partial charge in [0.1, 0.15) is 6.54 Å². The van der Waals surface area contributed by atoms with Gasteiger partial charge in [0, 0.05) is 96.5 Å². The summed E-state index contributed by atoms with van der Waals surface area (Å²) in [5.74, 6) is -1.93. The molecule has 1 fully saturated rings. The zero-order chi connectivity index (χ0) is 51.0. The normalized spacial score (nSPS) is 18.9. The molecule has 9 atom stereocenters. The fraction of sp³-hybridized carbons (Fsp3) is 0.725. The summed E-state index contributed by atoms with van der Waals surface area (Å²) in [6, 6.07) is 6.90. The van der Waals surface area contributed by atoms with E-state index < -0.39 is 41.9 Å². The Morgan fingerprint density at radius 3 is 2.13 bits per heavy atom. The van der Waals surface area contributed by atoms with Crippen LogP contribution in [0.3, 0.4) is 0 Å². The number of rotatable bonds is 29. The van der Waals surface area contributed by atoms with E-state index in [1.54, 1.807) is 24.0 Å². The first-order valence-electron chi connectivity index (χ1n) is 24.6. The molecule has 4 N–H and O–H groups in total. The molecule has 6 amide bonds. The first-order chi connectivity index (χ1) is 32.0. The van der Waals surface area contributed by atoms with Gasteiger partial charge in [-0.2, -0.15) is 0 Å². The van der Waals surface area contributed by atoms with Crippen LogP contribution in [0.15, 0.2) is 36.4 Å². The molecule has 3 rings (SSSR count). The first kappa shape index (κ1) is 57.9. The molecule has 1 saturated heterocycles. The molecule has 68 heavy (non-hydrogen) atoms. The van der Waals surface area contributed by atoms with Crippen LogP contribution in [0.2, 0.25) is 0 Å². The number of likely N-dealkylation sites (tertiary alicyclic amines) is 1. The van der Waals surface area contributed by atoms with Gasteiger partial charge in [0.25, 0.3) is 11.8 Å². The van der Waals surface area contributed by atoms with Crippen LogP contribution in [-0.4, -0.2) is 190 Å². The van der Waals surface area contributed by atoms with Gasteiger partial charge in [0.2, 0.25) is 23.6 Å². The number of nitrogens with one attached hydrogen (secondary N) is 4. The van der Waals surface area contributed by atoms with Crippen molar-refractivity contribution in [3.63, 3.8) is 0 Å². The Morgan fingerprint density at radius 2 is 1.54 bits per heavy atom. The van der Waals surface area contributed by atoms with Gasteiger partial charge in [-0.1, -0.05) is 53.2 Å². The minimum absolute atomic E-state index is 0.0193. The predicted molar refractivity (Wildman–Crippen MR) is 268 cm³/mol. The number of ether oxygens (including phenoxy) is 2. The number of hydrogen-bond acceptors (Lipinski definition) is 12. The highest BCUT2D eigenvalue weighted by Crippen LogP contribution is 2.30. The summed E-state index contributed by atoms with van der Waals surface area (Å²) >= 11 is 0. The van der Waals surface area contributed by atoms with Crippen molar-refractivity contribution in [2.75, 3.05) is 87.0 Å². The third kappa shape index (κ3) is 16.3. The topological polar surface area (TPSA) is 185 Å². The van der Waals surface area contributed by atoms with Crippen LogP contribution < -0.4 is 21.3 Å². The van der Waals surface area contributed by atoms with E-state index in [4.69, 9.17) is 9.47 Å². The second-order valence-corrected chi connectivity index (χ2v) is 20.4. The van der Waals surface area contributed by atoms with E-state index in [9.17, 15) is 28.8 Å². The number of anilines is 1. The van der Waals surface area contributed by atoms with Crippen LogP contribution in [0.5, 0.6) is 0 Å². The number of carbonyl (C=O) groups excluding carboxylic acids is 6. The first-order valence-corrected chi connectivity index (χ1v) is 24.6. The summed E-state index contributed by atoms with van der Waals surface area (Å²) < 4.78 is 12.2. The largest absolute Gasteiger partial charge is 0.383 e. The molecule has 1 aromatic carbocycles. The summed E-state index contributed by atoms with van der Waals surface area (Å²) in [5, 5.41) is 13.2. The van der Waals surface area contributed by atoms with Gasteiger partial charge in [-0.05, 0) is 90.6 Å². The second kappa shape index (κ2) is 27.1. The quantitative estimate of drug-likeness (QED) is 0.0861. The Morgan fingerprint density at radius 1 is 0.882 bits per heavy atom. The zero-order valence-electron chi connectivity index (χ0n) is 44.0. The van der Waals surface area contributed by atoms with Gasteiger partial charge in [-0.3, -0.25) is 33.7 Å². The number of amides is 6. The summed E-state index contributed by atoms with van der Waals surface area (Å²) in [7, 11) is 10.9. The van der Waals surface area contributed by atoms with Gasteiger partial charge in [0.05, 0.1) is 42.7 Å². The lowest BCUT2D eigenvalue weighted by molar-refractivity contribution is -0.148. The molecule has 0 radical (unpaired) electrons. The lowest BCUT2D eigenvalue weighted by Crippen LogP contribution is -2.59. The zero-order valence-corrected chi connectivity index (χ0v) is 44.0. The average Bonchev–Trinajstić information content (AvgIpc) is 3.91. The van der Waals surface area contributed by atoms with E-state index in [1.807, 2.05) is 72.1 Å². The van der Waals surface area contributed by atoms with Crippen molar-refractivity contribution in [3.05, 3.63) is 42.0 Å². The molecular weight excluding hydrogens is 867 g/mol. The van der Waals surface area contributed by atoms with Crippen LogP contribution in [-0.2, 0) is 44.7 Å². The van der Waals surface area contributed by atoms with Crippen molar-refractivity contribution in [2.24, 2.45) is 17.8 Å². The summed E-state index contributed by atoms with van der Waals surface area (Å²) in [6.45, 7) is 20.9. The van der Waals surface area contributed by atoms with Gasteiger partial charge in [0.15, 0.2) is 0 Å². The third-order valence-electron chi connectivity index (χ3n) is 14.2. The molecule has 0 saturated carbocycles. The van der Waals surface area contributed by atoms with Gasteiger partial charge < -0.3 is 50.3 Å². The number of benzene rings is 1. The van der Waals surface area contributed by atoms with Crippen molar-refractivity contribution in [1.29, 1.82) is 0 Å². The molecular formula is C51H87N9O8. The Bertz CT molecular complexity index is 1840. The summed E-state index contributed by atoms with van der Waals surface area (Å²) in [4.78, 5) is 87.0. The van der Waals surface area contributed by atoms with E-state index in [-0.39, 0.29) is 72.2 Å². The van der Waals surface area contributed by atoms with Crippen LogP contribution >= 0.6 is 0 Å². The molecule has 384 valence electrons. The maximum atomic E-state index is 14.4. The lowest BCUT2D eigenvalue weighted by Gasteiger charge is -2.41. The minimum atomic E-state index is -0.540. The number of carbonyl (C=O) groups is 6. The molecule has 17 nitrogen and oxygen atoms in total. The van der Waals surface area contributed by atoms with Crippen molar-refractivity contribution in [3.8, 4) is 0 Å². The Kier molecular flexibility index (Phi) is 23.1.